The Balaban J connectivity index is 1.26. The van der Waals surface area contributed by atoms with Crippen LogP contribution in [0, 0.1) is 13.8 Å². The molecular formula is C27H37N3O3. The molecule has 0 unspecified atom stereocenters. The van der Waals surface area contributed by atoms with Crippen LogP contribution in [0.15, 0.2) is 30.3 Å². The van der Waals surface area contributed by atoms with E-state index in [0.29, 0.717) is 38.5 Å². The minimum absolute atomic E-state index is 0.184. The van der Waals surface area contributed by atoms with E-state index in [9.17, 15) is 9.59 Å². The van der Waals surface area contributed by atoms with Crippen molar-refractivity contribution >= 4 is 11.7 Å². The lowest BCUT2D eigenvalue weighted by atomic mass is 10.1. The highest BCUT2D eigenvalue weighted by molar-refractivity contribution is 5.99. The Hall–Kier alpha value is -2.60. The third-order valence-corrected chi connectivity index (χ3v) is 7.33. The van der Waals surface area contributed by atoms with Crippen LogP contribution in [-0.2, 0) is 11.2 Å². The molecule has 6 heteroatoms. The molecule has 0 radical (unpaired) electrons. The highest BCUT2D eigenvalue weighted by atomic mass is 16.5. The predicted octanol–water partition coefficient (Wildman–Crippen LogP) is 4.19. The predicted molar refractivity (Wildman–Crippen MR) is 130 cm³/mol. The average Bonchev–Trinajstić information content (AvgIpc) is 3.45. The van der Waals surface area contributed by atoms with Gasteiger partial charge in [-0.1, -0.05) is 25.0 Å². The number of aromatic nitrogens is 1. The zero-order valence-corrected chi connectivity index (χ0v) is 20.3. The van der Waals surface area contributed by atoms with Crippen LogP contribution in [0.4, 0.5) is 0 Å². The quantitative estimate of drug-likeness (QED) is 0.565. The number of hydrogen-bond donors (Lipinski definition) is 0. The molecule has 178 valence electrons. The molecule has 2 fully saturated rings. The molecule has 6 nitrogen and oxygen atoms in total. The number of piperazine rings is 1. The summed E-state index contributed by atoms with van der Waals surface area (Å²) in [6.07, 6.45) is 6.22. The lowest BCUT2D eigenvalue weighted by Gasteiger charge is -2.34. The van der Waals surface area contributed by atoms with Crippen molar-refractivity contribution in [2.75, 3.05) is 39.8 Å². The summed E-state index contributed by atoms with van der Waals surface area (Å²) in [7, 11) is 1.65. The maximum absolute atomic E-state index is 13.1. The number of ether oxygens (including phenoxy) is 1. The minimum Gasteiger partial charge on any atom is -0.497 e. The van der Waals surface area contributed by atoms with E-state index in [1.54, 1.807) is 7.11 Å². The molecule has 2 heterocycles. The average molecular weight is 452 g/mol. The summed E-state index contributed by atoms with van der Waals surface area (Å²) in [5.41, 5.74) is 4.31. The van der Waals surface area contributed by atoms with Gasteiger partial charge in [-0.15, -0.1) is 0 Å². The number of rotatable bonds is 8. The lowest BCUT2D eigenvalue weighted by molar-refractivity contribution is -0.132. The van der Waals surface area contributed by atoms with Gasteiger partial charge in [-0.2, -0.15) is 0 Å². The van der Waals surface area contributed by atoms with Crippen molar-refractivity contribution in [2.24, 2.45) is 0 Å². The number of nitrogens with zero attached hydrogens (tertiary/aromatic N) is 3. The van der Waals surface area contributed by atoms with E-state index in [2.05, 4.69) is 29.4 Å². The first-order valence-corrected chi connectivity index (χ1v) is 12.3. The van der Waals surface area contributed by atoms with Crippen molar-refractivity contribution in [1.29, 1.82) is 0 Å². The molecule has 1 aliphatic heterocycles. The monoisotopic (exact) mass is 451 g/mol. The first-order valence-electron chi connectivity index (χ1n) is 12.3. The third kappa shape index (κ3) is 5.49. The van der Waals surface area contributed by atoms with Gasteiger partial charge in [0.15, 0.2) is 5.78 Å². The van der Waals surface area contributed by atoms with Crippen molar-refractivity contribution in [2.45, 2.75) is 58.4 Å². The summed E-state index contributed by atoms with van der Waals surface area (Å²) in [5, 5.41) is 0. The van der Waals surface area contributed by atoms with Gasteiger partial charge in [0.2, 0.25) is 5.91 Å². The summed E-state index contributed by atoms with van der Waals surface area (Å²) in [4.78, 5) is 29.9. The van der Waals surface area contributed by atoms with Crippen molar-refractivity contribution in [3.63, 3.8) is 0 Å². The molecule has 1 saturated carbocycles. The van der Waals surface area contributed by atoms with Gasteiger partial charge < -0.3 is 14.2 Å². The maximum Gasteiger partial charge on any atom is 0.222 e. The van der Waals surface area contributed by atoms with Gasteiger partial charge in [0, 0.05) is 55.6 Å². The van der Waals surface area contributed by atoms with Crippen LogP contribution < -0.4 is 4.74 Å². The zero-order valence-electron chi connectivity index (χ0n) is 20.3. The number of hydrogen-bond acceptors (Lipinski definition) is 4. The van der Waals surface area contributed by atoms with Crippen LogP contribution in [0.3, 0.4) is 0 Å². The van der Waals surface area contributed by atoms with Gasteiger partial charge in [0.1, 0.15) is 5.75 Å². The second-order valence-corrected chi connectivity index (χ2v) is 9.52. The fourth-order valence-corrected chi connectivity index (χ4v) is 5.46. The van der Waals surface area contributed by atoms with E-state index in [1.165, 1.54) is 31.4 Å². The fraction of sp³-hybridized carbons (Fsp3) is 0.556. The third-order valence-electron chi connectivity index (χ3n) is 7.33. The van der Waals surface area contributed by atoms with Crippen molar-refractivity contribution < 1.29 is 14.3 Å². The van der Waals surface area contributed by atoms with Gasteiger partial charge >= 0.3 is 0 Å². The minimum atomic E-state index is 0.184. The number of benzene rings is 1. The summed E-state index contributed by atoms with van der Waals surface area (Å²) < 4.78 is 7.65. The lowest BCUT2D eigenvalue weighted by Crippen LogP contribution is -2.50. The van der Waals surface area contributed by atoms with E-state index in [4.69, 9.17) is 4.74 Å². The van der Waals surface area contributed by atoms with E-state index in [1.807, 2.05) is 29.2 Å². The number of Topliss-reactive ketones (excluding diaryl/α,β-unsaturated/α-hetero) is 1. The van der Waals surface area contributed by atoms with Crippen molar-refractivity contribution in [3.8, 4) is 5.75 Å². The van der Waals surface area contributed by atoms with Gasteiger partial charge in [0.05, 0.1) is 13.7 Å². The maximum atomic E-state index is 13.1. The molecule has 2 aliphatic rings. The Morgan fingerprint density at radius 3 is 2.45 bits per heavy atom. The largest absolute Gasteiger partial charge is 0.497 e. The molecule has 0 spiro atoms. The Bertz CT molecular complexity index is 982. The summed E-state index contributed by atoms with van der Waals surface area (Å²) in [6, 6.07) is 10.5. The molecule has 1 amide bonds. The first kappa shape index (κ1) is 23.6. The van der Waals surface area contributed by atoms with E-state index in [0.717, 1.165) is 35.7 Å². The van der Waals surface area contributed by atoms with E-state index < -0.39 is 0 Å². The number of amides is 1. The standard InChI is InChI=1S/C27H37N3O3/c1-20-17-25(21(2)30(20)23-8-4-5-9-23)26(31)19-28-13-15-29(16-14-28)27(32)12-11-22-7-6-10-24(18-22)33-3/h6-7,10,17-18,23H,4-5,8-9,11-16,19H2,1-3H3. The van der Waals surface area contributed by atoms with Crippen LogP contribution in [0.1, 0.15) is 65.5 Å². The molecule has 33 heavy (non-hydrogen) atoms. The number of methoxy groups -OCH3 is 1. The van der Waals surface area contributed by atoms with Gasteiger partial charge in [-0.3, -0.25) is 14.5 Å². The van der Waals surface area contributed by atoms with Crippen molar-refractivity contribution in [1.82, 2.24) is 14.4 Å². The second kappa shape index (κ2) is 10.6. The molecular weight excluding hydrogens is 414 g/mol. The molecule has 0 bridgehead atoms. The van der Waals surface area contributed by atoms with Crippen LogP contribution in [0.2, 0.25) is 0 Å². The highest BCUT2D eigenvalue weighted by Crippen LogP contribution is 2.33. The smallest absolute Gasteiger partial charge is 0.222 e. The van der Waals surface area contributed by atoms with E-state index in [-0.39, 0.29) is 11.7 Å². The number of carbonyl (C=O) groups excluding carboxylic acids is 2. The fourth-order valence-electron chi connectivity index (χ4n) is 5.46. The van der Waals surface area contributed by atoms with E-state index >= 15 is 0 Å². The molecule has 4 rings (SSSR count). The highest BCUT2D eigenvalue weighted by Gasteiger charge is 2.26. The number of aryl methyl sites for hydroxylation is 2. The molecule has 1 aromatic heterocycles. The van der Waals surface area contributed by atoms with Crippen molar-refractivity contribution in [3.05, 3.63) is 52.8 Å². The van der Waals surface area contributed by atoms with Gasteiger partial charge in [-0.25, -0.2) is 0 Å². The van der Waals surface area contributed by atoms with Gasteiger partial charge in [-0.05, 0) is 56.9 Å². The summed E-state index contributed by atoms with van der Waals surface area (Å²) >= 11 is 0. The molecule has 0 atom stereocenters. The number of ketones is 1. The number of carbonyl (C=O) groups is 2. The topological polar surface area (TPSA) is 54.8 Å². The van der Waals surface area contributed by atoms with Crippen LogP contribution >= 0.6 is 0 Å². The Labute approximate surface area is 197 Å². The Morgan fingerprint density at radius 1 is 1.03 bits per heavy atom. The molecule has 1 saturated heterocycles. The molecule has 0 N–H and O–H groups in total. The normalized spacial score (nSPS) is 17.5. The van der Waals surface area contributed by atoms with Gasteiger partial charge in [0.25, 0.3) is 0 Å². The summed E-state index contributed by atoms with van der Waals surface area (Å²) in [5.74, 6) is 1.20. The summed E-state index contributed by atoms with van der Waals surface area (Å²) in [6.45, 7) is 7.52. The van der Waals surface area contributed by atoms with Crippen LogP contribution in [0.25, 0.3) is 0 Å². The Morgan fingerprint density at radius 2 is 1.76 bits per heavy atom. The molecule has 1 aromatic carbocycles. The zero-order chi connectivity index (χ0) is 23.4. The van der Waals surface area contributed by atoms with Crippen LogP contribution in [-0.4, -0.2) is 65.9 Å². The molecule has 1 aliphatic carbocycles. The SMILES string of the molecule is COc1cccc(CCC(=O)N2CCN(CC(=O)c3cc(C)n(C4CCCC4)c3C)CC2)c1. The first-order chi connectivity index (χ1) is 16.0. The second-order valence-electron chi connectivity index (χ2n) is 9.52. The Kier molecular flexibility index (Phi) is 7.53. The molecule has 2 aromatic rings. The van der Waals surface area contributed by atoms with Crippen LogP contribution in [0.5, 0.6) is 5.75 Å².